The minimum absolute atomic E-state index is 0.0210. The molecule has 1 aromatic heterocycles. The van der Waals surface area contributed by atoms with E-state index < -0.39 is 4.92 Å². The van der Waals surface area contributed by atoms with E-state index in [1.807, 2.05) is 25.1 Å². The van der Waals surface area contributed by atoms with Gasteiger partial charge in [0.15, 0.2) is 0 Å². The van der Waals surface area contributed by atoms with Crippen molar-refractivity contribution in [2.45, 2.75) is 13.5 Å². The number of rotatable bonds is 4. The van der Waals surface area contributed by atoms with Crippen LogP contribution in [-0.4, -0.2) is 4.92 Å². The topological polar surface area (TPSA) is 79.0 Å². The molecule has 0 radical (unpaired) electrons. The molecule has 0 fully saturated rings. The molecule has 0 atom stereocenters. The molecule has 2 aromatic rings. The van der Waals surface area contributed by atoms with Gasteiger partial charge in [-0.3, -0.25) is 10.1 Å². The zero-order valence-corrected chi connectivity index (χ0v) is 11.0. The lowest BCUT2D eigenvalue weighted by molar-refractivity contribution is -0.384. The number of nitro groups is 1. The summed E-state index contributed by atoms with van der Waals surface area (Å²) in [6.07, 6.45) is 0. The van der Waals surface area contributed by atoms with Gasteiger partial charge in [0.1, 0.15) is 5.69 Å². The number of nitrogens with zero attached hydrogens (tertiary/aromatic N) is 2. The predicted molar refractivity (Wildman–Crippen MR) is 74.2 cm³/mol. The molecule has 1 aromatic carbocycles. The second-order valence-electron chi connectivity index (χ2n) is 3.97. The maximum Gasteiger partial charge on any atom is 0.292 e. The van der Waals surface area contributed by atoms with Crippen LogP contribution in [0.2, 0.25) is 0 Å². The molecular formula is C13H11N3O2S. The first-order chi connectivity index (χ1) is 9.10. The van der Waals surface area contributed by atoms with Crippen molar-refractivity contribution < 1.29 is 4.92 Å². The fraction of sp³-hybridized carbons (Fsp3) is 0.154. The molecule has 2 rings (SSSR count). The Morgan fingerprint density at radius 3 is 2.79 bits per heavy atom. The maximum atomic E-state index is 10.9. The number of hydrogen-bond acceptors (Lipinski definition) is 5. The van der Waals surface area contributed by atoms with Gasteiger partial charge < -0.3 is 5.32 Å². The van der Waals surface area contributed by atoms with E-state index in [-0.39, 0.29) is 5.69 Å². The third-order valence-corrected chi connectivity index (χ3v) is 3.57. The molecule has 6 heteroatoms. The van der Waals surface area contributed by atoms with Crippen LogP contribution >= 0.6 is 11.3 Å². The van der Waals surface area contributed by atoms with Crippen molar-refractivity contribution in [1.82, 2.24) is 0 Å². The highest BCUT2D eigenvalue weighted by Gasteiger charge is 2.14. The van der Waals surface area contributed by atoms with E-state index in [1.54, 1.807) is 11.3 Å². The normalized spacial score (nSPS) is 9.89. The summed E-state index contributed by atoms with van der Waals surface area (Å²) >= 11 is 1.63. The zero-order valence-electron chi connectivity index (χ0n) is 10.2. The molecule has 96 valence electrons. The molecule has 0 amide bonds. The molecule has 0 unspecified atom stereocenters. The molecule has 0 aliphatic rings. The highest BCUT2D eigenvalue weighted by Crippen LogP contribution is 2.26. The van der Waals surface area contributed by atoms with Gasteiger partial charge in [0, 0.05) is 22.4 Å². The highest BCUT2D eigenvalue weighted by atomic mass is 32.1. The van der Waals surface area contributed by atoms with Gasteiger partial charge in [0.25, 0.3) is 5.69 Å². The molecule has 19 heavy (non-hydrogen) atoms. The summed E-state index contributed by atoms with van der Waals surface area (Å²) in [6.45, 7) is 2.52. The van der Waals surface area contributed by atoms with E-state index in [4.69, 9.17) is 5.26 Å². The number of nitrogens with one attached hydrogen (secondary N) is 1. The Bertz CT molecular complexity index is 658. The number of thiophene rings is 1. The number of anilines is 1. The Morgan fingerprint density at radius 1 is 1.42 bits per heavy atom. The van der Waals surface area contributed by atoms with E-state index >= 15 is 0 Å². The van der Waals surface area contributed by atoms with E-state index in [2.05, 4.69) is 5.32 Å². The second kappa shape index (κ2) is 5.50. The summed E-state index contributed by atoms with van der Waals surface area (Å²) in [5.41, 5.74) is 0.748. The molecule has 1 N–H and O–H groups in total. The van der Waals surface area contributed by atoms with Gasteiger partial charge in [0.05, 0.1) is 16.6 Å². The summed E-state index contributed by atoms with van der Waals surface area (Å²) in [5, 5.41) is 22.8. The van der Waals surface area contributed by atoms with E-state index in [9.17, 15) is 10.1 Å². The molecule has 0 aliphatic heterocycles. The quantitative estimate of drug-likeness (QED) is 0.683. The average Bonchev–Trinajstić information content (AvgIpc) is 2.81. The van der Waals surface area contributed by atoms with Crippen LogP contribution < -0.4 is 5.32 Å². The Morgan fingerprint density at radius 2 is 2.21 bits per heavy atom. The van der Waals surface area contributed by atoms with Gasteiger partial charge in [-0.2, -0.15) is 5.26 Å². The molecule has 0 bridgehead atoms. The molecule has 5 nitrogen and oxygen atoms in total. The number of nitriles is 1. The summed E-state index contributed by atoms with van der Waals surface area (Å²) < 4.78 is 0. The number of aryl methyl sites for hydroxylation is 1. The SMILES string of the molecule is Cc1ccc(CNc2cc(C#N)ccc2[N+](=O)[O-])s1. The van der Waals surface area contributed by atoms with Crippen LogP contribution in [0.4, 0.5) is 11.4 Å². The first kappa shape index (κ1) is 13.1. The lowest BCUT2D eigenvalue weighted by Crippen LogP contribution is -2.01. The van der Waals surface area contributed by atoms with Crippen LogP contribution in [0.1, 0.15) is 15.3 Å². The summed E-state index contributed by atoms with van der Waals surface area (Å²) in [6, 6.07) is 10.2. The predicted octanol–water partition coefficient (Wildman–Crippen LogP) is 3.45. The van der Waals surface area contributed by atoms with Crippen molar-refractivity contribution in [3.63, 3.8) is 0 Å². The van der Waals surface area contributed by atoms with Crippen LogP contribution in [0.5, 0.6) is 0 Å². The van der Waals surface area contributed by atoms with E-state index in [0.717, 1.165) is 4.88 Å². The van der Waals surface area contributed by atoms with Gasteiger partial charge >= 0.3 is 0 Å². The van der Waals surface area contributed by atoms with Gasteiger partial charge in [-0.1, -0.05) is 0 Å². The van der Waals surface area contributed by atoms with Crippen LogP contribution in [-0.2, 0) is 6.54 Å². The largest absolute Gasteiger partial charge is 0.375 e. The smallest absolute Gasteiger partial charge is 0.292 e. The van der Waals surface area contributed by atoms with Gasteiger partial charge in [-0.05, 0) is 31.2 Å². The summed E-state index contributed by atoms with van der Waals surface area (Å²) in [4.78, 5) is 12.8. The standard InChI is InChI=1S/C13H11N3O2S/c1-9-2-4-11(19-9)8-15-12-6-10(7-14)3-5-13(12)16(17)18/h2-6,15H,8H2,1H3. The monoisotopic (exact) mass is 273 g/mol. The Labute approximate surface area is 114 Å². The second-order valence-corrected chi connectivity index (χ2v) is 5.34. The average molecular weight is 273 g/mol. The minimum atomic E-state index is -0.455. The van der Waals surface area contributed by atoms with Crippen molar-refractivity contribution >= 4 is 22.7 Å². The Hall–Kier alpha value is -2.39. The van der Waals surface area contributed by atoms with Crippen LogP contribution in [0.15, 0.2) is 30.3 Å². The molecule has 1 heterocycles. The lowest BCUT2D eigenvalue weighted by Gasteiger charge is -2.06. The third-order valence-electron chi connectivity index (χ3n) is 2.57. The maximum absolute atomic E-state index is 10.9. The van der Waals surface area contributed by atoms with Crippen molar-refractivity contribution in [3.05, 3.63) is 55.8 Å². The third kappa shape index (κ3) is 3.09. The van der Waals surface area contributed by atoms with Crippen molar-refractivity contribution in [3.8, 4) is 6.07 Å². The number of benzene rings is 1. The van der Waals surface area contributed by atoms with Crippen LogP contribution in [0.25, 0.3) is 0 Å². The molecule has 0 spiro atoms. The van der Waals surface area contributed by atoms with Gasteiger partial charge in [0.2, 0.25) is 0 Å². The van der Waals surface area contributed by atoms with Crippen LogP contribution in [0.3, 0.4) is 0 Å². The first-order valence-corrected chi connectivity index (χ1v) is 6.39. The fourth-order valence-electron chi connectivity index (χ4n) is 1.67. The Kier molecular flexibility index (Phi) is 3.78. The highest BCUT2D eigenvalue weighted by molar-refractivity contribution is 7.11. The minimum Gasteiger partial charge on any atom is -0.375 e. The van der Waals surface area contributed by atoms with Crippen molar-refractivity contribution in [2.24, 2.45) is 0 Å². The van der Waals surface area contributed by atoms with E-state index in [0.29, 0.717) is 17.8 Å². The molecule has 0 aliphatic carbocycles. The Balaban J connectivity index is 2.22. The first-order valence-electron chi connectivity index (χ1n) is 5.58. The summed E-state index contributed by atoms with van der Waals surface area (Å²) in [5.74, 6) is 0. The molecule has 0 saturated carbocycles. The van der Waals surface area contributed by atoms with Crippen LogP contribution in [0, 0.1) is 28.4 Å². The van der Waals surface area contributed by atoms with Crippen molar-refractivity contribution in [1.29, 1.82) is 5.26 Å². The number of nitro benzene ring substituents is 1. The molecular weight excluding hydrogens is 262 g/mol. The fourth-order valence-corrected chi connectivity index (χ4v) is 2.50. The zero-order chi connectivity index (χ0) is 13.8. The van der Waals surface area contributed by atoms with Gasteiger partial charge in [-0.15, -0.1) is 11.3 Å². The summed E-state index contributed by atoms with van der Waals surface area (Å²) in [7, 11) is 0. The lowest BCUT2D eigenvalue weighted by atomic mass is 10.2. The van der Waals surface area contributed by atoms with Gasteiger partial charge in [-0.25, -0.2) is 0 Å². The number of hydrogen-bond donors (Lipinski definition) is 1. The molecule has 0 saturated heterocycles. The van der Waals surface area contributed by atoms with E-state index in [1.165, 1.54) is 23.1 Å². The van der Waals surface area contributed by atoms with Crippen molar-refractivity contribution in [2.75, 3.05) is 5.32 Å².